The second-order valence-corrected chi connectivity index (χ2v) is 8.65. The molecule has 31 heavy (non-hydrogen) atoms. The van der Waals surface area contributed by atoms with E-state index >= 15 is 0 Å². The van der Waals surface area contributed by atoms with Crippen molar-refractivity contribution in [3.8, 4) is 33.5 Å². The molecule has 1 aliphatic carbocycles. The molecule has 0 fully saturated rings. The zero-order valence-corrected chi connectivity index (χ0v) is 17.5. The molecule has 1 aliphatic rings. The predicted molar refractivity (Wildman–Crippen MR) is 126 cm³/mol. The Balaban J connectivity index is 1.49. The van der Waals surface area contributed by atoms with E-state index in [-0.39, 0.29) is 5.41 Å². The summed E-state index contributed by atoms with van der Waals surface area (Å²) in [4.78, 5) is 13.5. The van der Waals surface area contributed by atoms with Gasteiger partial charge in [-0.2, -0.15) is 0 Å². The lowest BCUT2D eigenvalue weighted by Gasteiger charge is -2.22. The molecule has 0 unspecified atom stereocenters. The number of nitrogens with zero attached hydrogens (tertiary/aromatic N) is 3. The minimum Gasteiger partial charge on any atom is -0.264 e. The second-order valence-electron chi connectivity index (χ2n) is 8.65. The number of fused-ring (bicyclic) bond motifs is 4. The van der Waals surface area contributed by atoms with Gasteiger partial charge in [0.05, 0.1) is 11.2 Å². The number of aromatic nitrogens is 3. The largest absolute Gasteiger partial charge is 0.264 e. The van der Waals surface area contributed by atoms with Crippen LogP contribution in [0.15, 0.2) is 91.5 Å². The minimum absolute atomic E-state index is 0.0899. The lowest BCUT2D eigenvalue weighted by atomic mass is 9.81. The predicted octanol–water partition coefficient (Wildman–Crippen LogP) is 6.67. The maximum absolute atomic E-state index is 4.67. The first-order valence-electron chi connectivity index (χ1n) is 10.5. The molecule has 6 rings (SSSR count). The van der Waals surface area contributed by atoms with Crippen molar-refractivity contribution in [2.24, 2.45) is 0 Å². The highest BCUT2D eigenvalue weighted by Crippen LogP contribution is 2.50. The molecule has 3 aromatic heterocycles. The van der Waals surface area contributed by atoms with Crippen LogP contribution in [0.25, 0.3) is 44.4 Å². The number of rotatable bonds is 2. The molecule has 0 saturated carbocycles. The van der Waals surface area contributed by atoms with Crippen LogP contribution < -0.4 is 0 Å². The summed E-state index contributed by atoms with van der Waals surface area (Å²) in [5.41, 5.74) is 10.6. The Morgan fingerprint density at radius 1 is 0.645 bits per heavy atom. The summed E-state index contributed by atoms with van der Waals surface area (Å²) < 4.78 is 0. The molecule has 0 N–H and O–H groups in total. The third-order valence-electron chi connectivity index (χ3n) is 6.45. The molecule has 3 heterocycles. The van der Waals surface area contributed by atoms with Gasteiger partial charge in [-0.05, 0) is 70.3 Å². The van der Waals surface area contributed by atoms with E-state index in [0.29, 0.717) is 0 Å². The molecule has 0 amide bonds. The van der Waals surface area contributed by atoms with Gasteiger partial charge in [-0.25, -0.2) is 0 Å². The number of hydrogen-bond donors (Lipinski definition) is 0. The van der Waals surface area contributed by atoms with E-state index in [9.17, 15) is 0 Å². The summed E-state index contributed by atoms with van der Waals surface area (Å²) in [5, 5.41) is 1.18. The number of pyridine rings is 3. The molecule has 148 valence electrons. The van der Waals surface area contributed by atoms with Crippen LogP contribution >= 0.6 is 0 Å². The van der Waals surface area contributed by atoms with Crippen LogP contribution in [0.4, 0.5) is 0 Å². The highest BCUT2D eigenvalue weighted by molar-refractivity contribution is 5.92. The Kier molecular flexibility index (Phi) is 3.81. The van der Waals surface area contributed by atoms with Gasteiger partial charge in [-0.1, -0.05) is 38.1 Å². The first kappa shape index (κ1) is 18.0. The van der Waals surface area contributed by atoms with Gasteiger partial charge < -0.3 is 0 Å². The highest BCUT2D eigenvalue weighted by Gasteiger charge is 2.36. The van der Waals surface area contributed by atoms with Crippen LogP contribution in [0.3, 0.4) is 0 Å². The highest BCUT2D eigenvalue weighted by atomic mass is 14.7. The summed E-state index contributed by atoms with van der Waals surface area (Å²) in [6, 6.07) is 23.6. The average molecular weight is 399 g/mol. The molecule has 0 saturated heterocycles. The molecule has 0 aliphatic heterocycles. The van der Waals surface area contributed by atoms with E-state index in [2.05, 4.69) is 77.3 Å². The van der Waals surface area contributed by atoms with Crippen molar-refractivity contribution in [3.63, 3.8) is 0 Å². The van der Waals surface area contributed by atoms with Crippen molar-refractivity contribution < 1.29 is 0 Å². The van der Waals surface area contributed by atoms with E-state index in [1.54, 1.807) is 6.20 Å². The van der Waals surface area contributed by atoms with Gasteiger partial charge in [0.1, 0.15) is 0 Å². The molecular weight excluding hydrogens is 378 g/mol. The third-order valence-corrected chi connectivity index (χ3v) is 6.45. The molecule has 0 bridgehead atoms. The first-order chi connectivity index (χ1) is 15.1. The summed E-state index contributed by atoms with van der Waals surface area (Å²) in [6.07, 6.45) is 7.43. The standard InChI is InChI=1S/C28H21N3/c1-28(2)24-14-20(26-15-18(9-12-31-26)21-6-3-10-29-17-21)7-8-22(24)23-13-19-5-4-11-30-27(19)16-25(23)28/h3-17H,1-2H3. The van der Waals surface area contributed by atoms with Crippen molar-refractivity contribution >= 4 is 10.9 Å². The lowest BCUT2D eigenvalue weighted by Crippen LogP contribution is -2.15. The first-order valence-corrected chi connectivity index (χ1v) is 10.5. The number of benzene rings is 2. The van der Waals surface area contributed by atoms with E-state index in [0.717, 1.165) is 27.9 Å². The maximum atomic E-state index is 4.67. The van der Waals surface area contributed by atoms with Crippen LogP contribution in [-0.2, 0) is 5.41 Å². The zero-order valence-electron chi connectivity index (χ0n) is 17.5. The molecule has 0 atom stereocenters. The van der Waals surface area contributed by atoms with E-state index < -0.39 is 0 Å². The van der Waals surface area contributed by atoms with Crippen molar-refractivity contribution in [2.45, 2.75) is 19.3 Å². The topological polar surface area (TPSA) is 38.7 Å². The van der Waals surface area contributed by atoms with Gasteiger partial charge in [0.25, 0.3) is 0 Å². The zero-order chi connectivity index (χ0) is 21.0. The second kappa shape index (κ2) is 6.58. The fourth-order valence-electron chi connectivity index (χ4n) is 4.76. The molecule has 0 spiro atoms. The quantitative estimate of drug-likeness (QED) is 0.333. The van der Waals surface area contributed by atoms with Crippen molar-refractivity contribution in [1.29, 1.82) is 0 Å². The van der Waals surface area contributed by atoms with Crippen molar-refractivity contribution in [1.82, 2.24) is 15.0 Å². The van der Waals surface area contributed by atoms with Gasteiger partial charge in [-0.3, -0.25) is 15.0 Å². The van der Waals surface area contributed by atoms with Crippen LogP contribution in [0, 0.1) is 0 Å². The van der Waals surface area contributed by atoms with Gasteiger partial charge in [-0.15, -0.1) is 0 Å². The fraction of sp³-hybridized carbons (Fsp3) is 0.107. The van der Waals surface area contributed by atoms with Gasteiger partial charge >= 0.3 is 0 Å². The molecular formula is C28H21N3. The maximum Gasteiger partial charge on any atom is 0.0708 e. The van der Waals surface area contributed by atoms with Crippen LogP contribution in [0.2, 0.25) is 0 Å². The summed E-state index contributed by atoms with van der Waals surface area (Å²) in [6.45, 7) is 4.60. The molecule has 5 aromatic rings. The fourth-order valence-corrected chi connectivity index (χ4v) is 4.76. The molecule has 3 nitrogen and oxygen atoms in total. The van der Waals surface area contributed by atoms with Crippen LogP contribution in [0.5, 0.6) is 0 Å². The summed E-state index contributed by atoms with van der Waals surface area (Å²) in [7, 11) is 0. The molecule has 0 radical (unpaired) electrons. The van der Waals surface area contributed by atoms with Crippen molar-refractivity contribution in [2.75, 3.05) is 0 Å². The third kappa shape index (κ3) is 2.77. The van der Waals surface area contributed by atoms with Gasteiger partial charge in [0.15, 0.2) is 0 Å². The Bertz CT molecular complexity index is 1450. The summed E-state index contributed by atoms with van der Waals surface area (Å²) in [5.74, 6) is 0. The average Bonchev–Trinajstić information content (AvgIpc) is 3.04. The van der Waals surface area contributed by atoms with Crippen LogP contribution in [0.1, 0.15) is 25.0 Å². The van der Waals surface area contributed by atoms with Gasteiger partial charge in [0, 0.05) is 46.7 Å². The van der Waals surface area contributed by atoms with Crippen LogP contribution in [-0.4, -0.2) is 15.0 Å². The Morgan fingerprint density at radius 2 is 1.52 bits per heavy atom. The monoisotopic (exact) mass is 399 g/mol. The number of hydrogen-bond acceptors (Lipinski definition) is 3. The normalized spacial score (nSPS) is 13.7. The SMILES string of the molecule is CC1(C)c2cc(-c3cc(-c4cccnc4)ccn3)ccc2-c2cc3cccnc3cc21. The Morgan fingerprint density at radius 3 is 2.39 bits per heavy atom. The van der Waals surface area contributed by atoms with E-state index in [1.807, 2.05) is 36.8 Å². The molecule has 2 aromatic carbocycles. The summed E-state index contributed by atoms with van der Waals surface area (Å²) >= 11 is 0. The van der Waals surface area contributed by atoms with E-state index in [4.69, 9.17) is 0 Å². The smallest absolute Gasteiger partial charge is 0.0708 e. The molecule has 3 heteroatoms. The van der Waals surface area contributed by atoms with Gasteiger partial charge in [0.2, 0.25) is 0 Å². The minimum atomic E-state index is -0.0899. The van der Waals surface area contributed by atoms with E-state index in [1.165, 1.54) is 27.6 Å². The Hall–Kier alpha value is -3.85. The Labute approximate surface area is 181 Å². The van der Waals surface area contributed by atoms with Crippen molar-refractivity contribution in [3.05, 3.63) is 103 Å². The lowest BCUT2D eigenvalue weighted by molar-refractivity contribution is 0.661.